The molecule has 0 aliphatic heterocycles. The van der Waals surface area contributed by atoms with E-state index in [0.29, 0.717) is 17.9 Å². The smallest absolute Gasteiger partial charge is 0.306 e. The predicted molar refractivity (Wildman–Crippen MR) is 148 cm³/mol. The molecule has 0 saturated carbocycles. The van der Waals surface area contributed by atoms with Gasteiger partial charge < -0.3 is 9.47 Å². The first-order chi connectivity index (χ1) is 17.5. The van der Waals surface area contributed by atoms with Crippen LogP contribution >= 0.6 is 0 Å². The lowest BCUT2D eigenvalue weighted by atomic mass is 10.1. The zero-order valence-electron chi connectivity index (χ0n) is 22.4. The Hall–Kier alpha value is -2.82. The second-order valence-electron chi connectivity index (χ2n) is 10.2. The minimum Gasteiger partial charge on any atom is -0.460 e. The van der Waals surface area contributed by atoms with Gasteiger partial charge in [-0.1, -0.05) is 56.8 Å². The number of esters is 1. The third-order valence-electron chi connectivity index (χ3n) is 5.58. The molecule has 0 bridgehead atoms. The van der Waals surface area contributed by atoms with E-state index in [1.54, 1.807) is 12.1 Å². The monoisotopic (exact) mass is 527 g/mol. The Labute approximate surface area is 223 Å². The number of carbonyl (C=O) groups excluding carboxylic acids is 1. The van der Waals surface area contributed by atoms with E-state index in [4.69, 9.17) is 14.6 Å². The van der Waals surface area contributed by atoms with E-state index in [1.165, 1.54) is 50.7 Å². The lowest BCUT2D eigenvalue weighted by Crippen LogP contribution is -2.23. The van der Waals surface area contributed by atoms with Crippen molar-refractivity contribution in [2.45, 2.75) is 102 Å². The average Bonchev–Trinajstić information content (AvgIpc) is 2.82. The van der Waals surface area contributed by atoms with Crippen molar-refractivity contribution >= 4 is 16.0 Å². The molecule has 0 unspecified atom stereocenters. The maximum atomic E-state index is 11.7. The summed E-state index contributed by atoms with van der Waals surface area (Å²) < 4.78 is 33.7. The number of ether oxygens (including phenoxy) is 2. The Bertz CT molecular complexity index is 1120. The van der Waals surface area contributed by atoms with Crippen LogP contribution in [0.3, 0.4) is 0 Å². The molecular weight excluding hydrogens is 486 g/mol. The van der Waals surface area contributed by atoms with Gasteiger partial charge >= 0.3 is 5.97 Å². The van der Waals surface area contributed by atoms with E-state index in [1.807, 2.05) is 45.0 Å². The third-order valence-corrected chi connectivity index (χ3v) is 6.51. The van der Waals surface area contributed by atoms with E-state index in [9.17, 15) is 13.2 Å². The van der Waals surface area contributed by atoms with Crippen LogP contribution in [0.25, 0.3) is 0 Å². The van der Waals surface area contributed by atoms with E-state index in [2.05, 4.69) is 11.8 Å². The Morgan fingerprint density at radius 3 is 1.78 bits per heavy atom. The number of hydrogen-bond donors (Lipinski definition) is 1. The first kappa shape index (κ1) is 30.4. The molecule has 37 heavy (non-hydrogen) atoms. The molecule has 0 spiro atoms. The molecule has 202 valence electrons. The molecule has 0 heterocycles. The summed E-state index contributed by atoms with van der Waals surface area (Å²) in [6, 6.07) is 13.5. The van der Waals surface area contributed by atoms with Crippen LogP contribution in [0, 0.1) is 11.8 Å². The maximum absolute atomic E-state index is 11.7. The Balaban J connectivity index is 1.52. The molecule has 0 saturated heterocycles. The Morgan fingerprint density at radius 2 is 1.27 bits per heavy atom. The molecule has 0 fully saturated rings. The largest absolute Gasteiger partial charge is 0.460 e. The van der Waals surface area contributed by atoms with Gasteiger partial charge in [0.05, 0.1) is 4.90 Å². The molecule has 2 aromatic carbocycles. The summed E-state index contributed by atoms with van der Waals surface area (Å²) in [4.78, 5) is 11.7. The lowest BCUT2D eigenvalue weighted by molar-refractivity contribution is -0.154. The van der Waals surface area contributed by atoms with E-state index >= 15 is 0 Å². The minimum absolute atomic E-state index is 0.0502. The van der Waals surface area contributed by atoms with Gasteiger partial charge in [0.2, 0.25) is 10.0 Å². The zero-order valence-corrected chi connectivity index (χ0v) is 23.2. The van der Waals surface area contributed by atoms with Crippen molar-refractivity contribution < 1.29 is 22.7 Å². The van der Waals surface area contributed by atoms with Crippen LogP contribution < -0.4 is 9.88 Å². The fourth-order valence-corrected chi connectivity index (χ4v) is 4.23. The van der Waals surface area contributed by atoms with Crippen molar-refractivity contribution in [3.8, 4) is 23.3 Å². The molecular formula is C30H41NO5S. The van der Waals surface area contributed by atoms with Gasteiger partial charge in [0.25, 0.3) is 0 Å². The van der Waals surface area contributed by atoms with Gasteiger partial charge in [-0.3, -0.25) is 4.79 Å². The highest BCUT2D eigenvalue weighted by atomic mass is 32.2. The van der Waals surface area contributed by atoms with Gasteiger partial charge in [-0.05, 0) is 82.1 Å². The van der Waals surface area contributed by atoms with Crippen molar-refractivity contribution in [3.05, 3.63) is 54.1 Å². The average molecular weight is 528 g/mol. The third kappa shape index (κ3) is 13.9. The Kier molecular flexibility index (Phi) is 12.7. The van der Waals surface area contributed by atoms with E-state index in [-0.39, 0.29) is 16.5 Å². The summed E-state index contributed by atoms with van der Waals surface area (Å²) in [7, 11) is -3.71. The molecule has 7 heteroatoms. The number of primary sulfonamides is 1. The molecule has 0 atom stereocenters. The molecule has 2 rings (SSSR count). The lowest BCUT2D eigenvalue weighted by Gasteiger charge is -2.19. The molecule has 2 N–H and O–H groups in total. The number of unbranched alkanes of at least 4 members (excludes halogenated alkanes) is 9. The van der Waals surface area contributed by atoms with Crippen LogP contribution in [-0.2, 0) is 19.6 Å². The van der Waals surface area contributed by atoms with Gasteiger partial charge in [0.15, 0.2) is 0 Å². The van der Waals surface area contributed by atoms with Crippen molar-refractivity contribution in [3.63, 3.8) is 0 Å². The quantitative estimate of drug-likeness (QED) is 0.160. The number of hydrogen-bond acceptors (Lipinski definition) is 5. The zero-order chi connectivity index (χ0) is 27.2. The Morgan fingerprint density at radius 1 is 0.784 bits per heavy atom. The minimum atomic E-state index is -3.71. The molecule has 0 aliphatic rings. The first-order valence-corrected chi connectivity index (χ1v) is 14.7. The predicted octanol–water partition coefficient (Wildman–Crippen LogP) is 7.11. The van der Waals surface area contributed by atoms with Crippen LogP contribution in [0.2, 0.25) is 0 Å². The highest BCUT2D eigenvalue weighted by molar-refractivity contribution is 7.89. The van der Waals surface area contributed by atoms with Gasteiger partial charge in [-0.2, -0.15) is 0 Å². The molecule has 2 aromatic rings. The summed E-state index contributed by atoms with van der Waals surface area (Å²) in [5.41, 5.74) is 0.547. The first-order valence-electron chi connectivity index (χ1n) is 13.1. The van der Waals surface area contributed by atoms with Gasteiger partial charge in [0.1, 0.15) is 17.1 Å². The van der Waals surface area contributed by atoms with Gasteiger partial charge in [-0.15, -0.1) is 0 Å². The van der Waals surface area contributed by atoms with Crippen LogP contribution in [0.5, 0.6) is 11.5 Å². The number of rotatable bonds is 14. The SMILES string of the molecule is CC(C)(C)OC(=O)CCCCCCCCCCCC#Cc1ccc(Oc2ccc(S(N)(=O)=O)cc2)cc1. The molecule has 6 nitrogen and oxygen atoms in total. The van der Waals surface area contributed by atoms with Crippen LogP contribution in [0.1, 0.15) is 97.0 Å². The number of sulfonamides is 1. The number of nitrogens with two attached hydrogens (primary N) is 1. The molecule has 0 aliphatic carbocycles. The molecule has 0 amide bonds. The van der Waals surface area contributed by atoms with Crippen molar-refractivity contribution in [2.24, 2.45) is 5.14 Å². The second kappa shape index (κ2) is 15.4. The second-order valence-corrected chi connectivity index (χ2v) is 11.8. The topological polar surface area (TPSA) is 95.7 Å². The maximum Gasteiger partial charge on any atom is 0.306 e. The van der Waals surface area contributed by atoms with Crippen molar-refractivity contribution in [1.29, 1.82) is 0 Å². The fourth-order valence-electron chi connectivity index (χ4n) is 3.72. The number of benzene rings is 2. The van der Waals surface area contributed by atoms with Crippen molar-refractivity contribution in [2.75, 3.05) is 0 Å². The normalized spacial score (nSPS) is 11.5. The van der Waals surface area contributed by atoms with Crippen LogP contribution in [0.15, 0.2) is 53.4 Å². The number of carbonyl (C=O) groups is 1. The standard InChI is InChI=1S/C30H41NO5S/c1-30(2,3)36-29(32)16-14-12-10-8-6-4-5-7-9-11-13-15-25-17-19-26(20-18-25)35-27-21-23-28(24-22-27)37(31,33)34/h17-24H,4-12,14,16H2,1-3H3,(H2,31,33,34). The van der Waals surface area contributed by atoms with Crippen LogP contribution in [-0.4, -0.2) is 20.0 Å². The van der Waals surface area contributed by atoms with Gasteiger partial charge in [0, 0.05) is 18.4 Å². The summed E-state index contributed by atoms with van der Waals surface area (Å²) >= 11 is 0. The highest BCUT2D eigenvalue weighted by Gasteiger charge is 2.15. The molecule has 0 aromatic heterocycles. The van der Waals surface area contributed by atoms with Crippen molar-refractivity contribution in [1.82, 2.24) is 0 Å². The van der Waals surface area contributed by atoms with Gasteiger partial charge in [-0.25, -0.2) is 13.6 Å². The van der Waals surface area contributed by atoms with Crippen LogP contribution in [0.4, 0.5) is 0 Å². The summed E-state index contributed by atoms with van der Waals surface area (Å²) in [6.07, 6.45) is 11.9. The summed E-state index contributed by atoms with van der Waals surface area (Å²) in [5, 5.41) is 5.11. The highest BCUT2D eigenvalue weighted by Crippen LogP contribution is 2.23. The summed E-state index contributed by atoms with van der Waals surface area (Å²) in [5.74, 6) is 7.53. The summed E-state index contributed by atoms with van der Waals surface area (Å²) in [6.45, 7) is 5.71. The fraction of sp³-hybridized carbons (Fsp3) is 0.500. The van der Waals surface area contributed by atoms with E-state index < -0.39 is 10.0 Å². The molecule has 0 radical (unpaired) electrons. The van der Waals surface area contributed by atoms with E-state index in [0.717, 1.165) is 31.2 Å².